The van der Waals surface area contributed by atoms with Gasteiger partial charge in [0.1, 0.15) is 0 Å². The van der Waals surface area contributed by atoms with Crippen LogP contribution in [0, 0.1) is 6.92 Å². The highest BCUT2D eigenvalue weighted by Gasteiger charge is 2.28. The zero-order valence-electron chi connectivity index (χ0n) is 19.0. The van der Waals surface area contributed by atoms with Crippen molar-refractivity contribution in [1.29, 1.82) is 0 Å². The average molecular weight is 514 g/mol. The monoisotopic (exact) mass is 513 g/mol. The molecule has 1 aliphatic heterocycles. The van der Waals surface area contributed by atoms with Gasteiger partial charge in [-0.1, -0.05) is 35.9 Å². The topological polar surface area (TPSA) is 105 Å². The van der Waals surface area contributed by atoms with E-state index in [1.54, 1.807) is 30.3 Å². The number of aryl methyl sites for hydroxylation is 1. The third-order valence-corrected chi connectivity index (χ3v) is 7.71. The van der Waals surface area contributed by atoms with E-state index in [1.807, 2.05) is 25.1 Å². The fraction of sp³-hybridized carbons (Fsp3) is 0.200. The first-order valence-corrected chi connectivity index (χ1v) is 12.7. The van der Waals surface area contributed by atoms with Crippen molar-refractivity contribution < 1.29 is 22.7 Å². The van der Waals surface area contributed by atoms with E-state index in [0.29, 0.717) is 18.9 Å². The number of carbonyl (C=O) groups is 2. The SMILES string of the molecule is Cc1cccc(NC(=O)c2ccccc2NC(=O)c2cc(S(=O)(=O)N3CCOCC3)ccc2Cl)c1. The number of halogens is 1. The van der Waals surface area contributed by atoms with Gasteiger partial charge in [-0.2, -0.15) is 4.31 Å². The van der Waals surface area contributed by atoms with Crippen molar-refractivity contribution in [3.63, 3.8) is 0 Å². The van der Waals surface area contributed by atoms with E-state index in [2.05, 4.69) is 10.6 Å². The number of carbonyl (C=O) groups excluding carboxylic acids is 2. The van der Waals surface area contributed by atoms with E-state index in [1.165, 1.54) is 22.5 Å². The van der Waals surface area contributed by atoms with Crippen LogP contribution < -0.4 is 10.6 Å². The minimum atomic E-state index is -3.82. The summed E-state index contributed by atoms with van der Waals surface area (Å²) < 4.78 is 32.6. The Morgan fingerprint density at radius 2 is 1.60 bits per heavy atom. The van der Waals surface area contributed by atoms with Crippen LogP contribution in [-0.4, -0.2) is 50.8 Å². The maximum absolute atomic E-state index is 13.1. The van der Waals surface area contributed by atoms with Crippen LogP contribution in [0.25, 0.3) is 0 Å². The van der Waals surface area contributed by atoms with Crippen LogP contribution >= 0.6 is 11.6 Å². The summed E-state index contributed by atoms with van der Waals surface area (Å²) in [5.74, 6) is -1.04. The number of nitrogens with zero attached hydrogens (tertiary/aromatic N) is 1. The van der Waals surface area contributed by atoms with E-state index < -0.39 is 21.8 Å². The van der Waals surface area contributed by atoms with E-state index in [9.17, 15) is 18.0 Å². The molecule has 0 radical (unpaired) electrons. The molecule has 8 nitrogen and oxygen atoms in total. The Bertz CT molecular complexity index is 1370. The number of ether oxygens (including phenoxy) is 1. The van der Waals surface area contributed by atoms with Gasteiger partial charge in [0, 0.05) is 18.8 Å². The first kappa shape index (κ1) is 24.9. The number of sulfonamides is 1. The molecule has 4 rings (SSSR count). The Kier molecular flexibility index (Phi) is 7.51. The standard InChI is InChI=1S/C25H24ClN3O5S/c1-17-5-4-6-18(15-17)27-24(30)20-7-2-3-8-23(20)28-25(31)21-16-19(9-10-22(21)26)35(32,33)29-11-13-34-14-12-29/h2-10,15-16H,11-14H2,1H3,(H,27,30)(H,28,31). The molecule has 10 heteroatoms. The third-order valence-electron chi connectivity index (χ3n) is 5.49. The van der Waals surface area contributed by atoms with Crippen molar-refractivity contribution in [2.24, 2.45) is 0 Å². The molecule has 0 unspecified atom stereocenters. The molecule has 2 N–H and O–H groups in total. The predicted molar refractivity (Wildman–Crippen MR) is 135 cm³/mol. The largest absolute Gasteiger partial charge is 0.379 e. The maximum atomic E-state index is 13.1. The molecule has 182 valence electrons. The maximum Gasteiger partial charge on any atom is 0.257 e. The van der Waals surface area contributed by atoms with Gasteiger partial charge in [0.15, 0.2) is 0 Å². The summed E-state index contributed by atoms with van der Waals surface area (Å²) in [5.41, 5.74) is 2.11. The highest BCUT2D eigenvalue weighted by atomic mass is 35.5. The summed E-state index contributed by atoms with van der Waals surface area (Å²) in [6.45, 7) is 3.00. The fourth-order valence-corrected chi connectivity index (χ4v) is 5.31. The number of nitrogens with one attached hydrogen (secondary N) is 2. The van der Waals surface area contributed by atoms with Gasteiger partial charge < -0.3 is 15.4 Å². The van der Waals surface area contributed by atoms with Crippen molar-refractivity contribution in [3.8, 4) is 0 Å². The van der Waals surface area contributed by atoms with Gasteiger partial charge in [0.05, 0.1) is 39.9 Å². The summed E-state index contributed by atoms with van der Waals surface area (Å²) in [4.78, 5) is 26.0. The van der Waals surface area contributed by atoms with Crippen LogP contribution in [0.15, 0.2) is 71.6 Å². The number of hydrogen-bond donors (Lipinski definition) is 2. The van der Waals surface area contributed by atoms with Crippen molar-refractivity contribution >= 4 is 44.8 Å². The predicted octanol–water partition coefficient (Wildman–Crippen LogP) is 4.17. The van der Waals surface area contributed by atoms with Crippen LogP contribution in [0.5, 0.6) is 0 Å². The molecular formula is C25H24ClN3O5S. The second-order valence-electron chi connectivity index (χ2n) is 7.98. The molecular weight excluding hydrogens is 490 g/mol. The second-order valence-corrected chi connectivity index (χ2v) is 10.3. The average Bonchev–Trinajstić information content (AvgIpc) is 2.85. The van der Waals surface area contributed by atoms with Gasteiger partial charge >= 0.3 is 0 Å². The lowest BCUT2D eigenvalue weighted by Crippen LogP contribution is -2.40. The summed E-state index contributed by atoms with van der Waals surface area (Å²) >= 11 is 6.25. The van der Waals surface area contributed by atoms with Crippen LogP contribution in [0.4, 0.5) is 11.4 Å². The van der Waals surface area contributed by atoms with Gasteiger partial charge in [-0.25, -0.2) is 8.42 Å². The minimum absolute atomic E-state index is 0.0186. The number of rotatable bonds is 6. The van der Waals surface area contributed by atoms with Crippen molar-refractivity contribution in [3.05, 3.63) is 88.4 Å². The zero-order chi connectivity index (χ0) is 25.0. The van der Waals surface area contributed by atoms with E-state index in [4.69, 9.17) is 16.3 Å². The van der Waals surface area contributed by atoms with E-state index in [0.717, 1.165) is 5.56 Å². The van der Waals surface area contributed by atoms with Crippen LogP contribution in [-0.2, 0) is 14.8 Å². The molecule has 2 amide bonds. The number of benzene rings is 3. The summed E-state index contributed by atoms with van der Waals surface area (Å²) in [5, 5.41) is 5.60. The highest BCUT2D eigenvalue weighted by molar-refractivity contribution is 7.89. The molecule has 35 heavy (non-hydrogen) atoms. The lowest BCUT2D eigenvalue weighted by atomic mass is 10.1. The Hall–Kier alpha value is -3.24. The normalized spacial score (nSPS) is 14.3. The van der Waals surface area contributed by atoms with Crippen LogP contribution in [0.1, 0.15) is 26.3 Å². The van der Waals surface area contributed by atoms with Crippen molar-refractivity contribution in [1.82, 2.24) is 4.31 Å². The molecule has 0 atom stereocenters. The summed E-state index contributed by atoms with van der Waals surface area (Å²) in [6.07, 6.45) is 0. The molecule has 1 heterocycles. The molecule has 3 aromatic carbocycles. The Morgan fingerprint density at radius 3 is 2.34 bits per heavy atom. The fourth-order valence-electron chi connectivity index (χ4n) is 3.68. The van der Waals surface area contributed by atoms with Gasteiger partial charge in [-0.15, -0.1) is 0 Å². The van der Waals surface area contributed by atoms with Gasteiger partial charge in [-0.3, -0.25) is 9.59 Å². The molecule has 0 spiro atoms. The van der Waals surface area contributed by atoms with Crippen molar-refractivity contribution in [2.75, 3.05) is 36.9 Å². The first-order valence-electron chi connectivity index (χ1n) is 10.9. The zero-order valence-corrected chi connectivity index (χ0v) is 20.5. The molecule has 0 aliphatic carbocycles. The lowest BCUT2D eigenvalue weighted by molar-refractivity contribution is 0.0730. The second kappa shape index (κ2) is 10.6. The third kappa shape index (κ3) is 5.71. The Labute approximate surface area is 208 Å². The number of morpholine rings is 1. The molecule has 0 saturated carbocycles. The molecule has 3 aromatic rings. The van der Waals surface area contributed by atoms with Crippen LogP contribution in [0.3, 0.4) is 0 Å². The lowest BCUT2D eigenvalue weighted by Gasteiger charge is -2.26. The number of amides is 2. The summed E-state index contributed by atoms with van der Waals surface area (Å²) in [7, 11) is -3.82. The minimum Gasteiger partial charge on any atom is -0.379 e. The highest BCUT2D eigenvalue weighted by Crippen LogP contribution is 2.26. The molecule has 1 aliphatic rings. The van der Waals surface area contributed by atoms with E-state index >= 15 is 0 Å². The van der Waals surface area contributed by atoms with Gasteiger partial charge in [-0.05, 0) is 55.0 Å². The number of hydrogen-bond acceptors (Lipinski definition) is 5. The van der Waals surface area contributed by atoms with E-state index in [-0.39, 0.29) is 39.8 Å². The molecule has 1 saturated heterocycles. The van der Waals surface area contributed by atoms with Crippen molar-refractivity contribution in [2.45, 2.75) is 11.8 Å². The Morgan fingerprint density at radius 1 is 0.886 bits per heavy atom. The molecule has 0 bridgehead atoms. The molecule has 1 fully saturated rings. The first-order chi connectivity index (χ1) is 16.8. The molecule has 0 aromatic heterocycles. The number of anilines is 2. The number of para-hydroxylation sites is 1. The van der Waals surface area contributed by atoms with Crippen LogP contribution in [0.2, 0.25) is 5.02 Å². The smallest absolute Gasteiger partial charge is 0.257 e. The van der Waals surface area contributed by atoms with Gasteiger partial charge in [0.2, 0.25) is 10.0 Å². The quantitative estimate of drug-likeness (QED) is 0.514. The summed E-state index contributed by atoms with van der Waals surface area (Å²) in [6, 6.07) is 17.9. The van der Waals surface area contributed by atoms with Gasteiger partial charge in [0.25, 0.3) is 11.8 Å². The Balaban J connectivity index is 1.58.